The van der Waals surface area contributed by atoms with Gasteiger partial charge in [0, 0.05) is 23.3 Å². The van der Waals surface area contributed by atoms with Gasteiger partial charge in [0.25, 0.3) is 0 Å². The fourth-order valence-corrected chi connectivity index (χ4v) is 3.89. The Balaban J connectivity index is 1.93. The second-order valence-electron chi connectivity index (χ2n) is 7.07. The van der Waals surface area contributed by atoms with E-state index in [2.05, 4.69) is 16.8 Å². The molecule has 1 saturated carbocycles. The molecule has 0 aromatic heterocycles. The van der Waals surface area contributed by atoms with Crippen molar-refractivity contribution >= 4 is 23.2 Å². The highest BCUT2D eigenvalue weighted by Gasteiger charge is 2.29. The molecule has 3 rings (SSSR count). The lowest BCUT2D eigenvalue weighted by molar-refractivity contribution is -0.123. The molecule has 0 saturated heterocycles. The van der Waals surface area contributed by atoms with Crippen LogP contribution in [-0.4, -0.2) is 18.5 Å². The third-order valence-corrected chi connectivity index (χ3v) is 5.36. The number of carbonyl (C=O) groups excluding carboxylic acids is 1. The van der Waals surface area contributed by atoms with Crippen LogP contribution in [0.1, 0.15) is 43.7 Å². The average molecular weight is 383 g/mol. The maximum Gasteiger partial charge on any atom is 0.247 e. The Morgan fingerprint density at radius 1 is 1.11 bits per heavy atom. The van der Waals surface area contributed by atoms with Crippen molar-refractivity contribution in [2.45, 2.75) is 44.2 Å². The van der Waals surface area contributed by atoms with Gasteiger partial charge in [-0.25, -0.2) is 0 Å². The van der Waals surface area contributed by atoms with Crippen molar-refractivity contribution in [3.63, 3.8) is 0 Å². The predicted octanol–water partition coefficient (Wildman–Crippen LogP) is 5.52. The first-order valence-electron chi connectivity index (χ1n) is 9.67. The topological polar surface area (TPSA) is 32.3 Å². The first-order valence-corrected chi connectivity index (χ1v) is 10.1. The van der Waals surface area contributed by atoms with E-state index in [0.29, 0.717) is 11.6 Å². The summed E-state index contributed by atoms with van der Waals surface area (Å²) in [6, 6.07) is 17.4. The van der Waals surface area contributed by atoms with Gasteiger partial charge in [-0.05, 0) is 42.7 Å². The molecular weight excluding hydrogens is 356 g/mol. The van der Waals surface area contributed by atoms with Crippen LogP contribution in [0.3, 0.4) is 0 Å². The summed E-state index contributed by atoms with van der Waals surface area (Å²) >= 11 is 6.08. The Kier molecular flexibility index (Phi) is 6.94. The normalized spacial score (nSPS) is 15.7. The molecule has 3 nitrogen and oxygen atoms in total. The fraction of sp³-hybridized carbons (Fsp3) is 0.348. The van der Waals surface area contributed by atoms with Gasteiger partial charge in [-0.15, -0.1) is 6.58 Å². The number of rotatable bonds is 7. The molecule has 0 unspecified atom stereocenters. The van der Waals surface area contributed by atoms with E-state index in [1.165, 1.54) is 19.3 Å². The summed E-state index contributed by atoms with van der Waals surface area (Å²) in [5, 5.41) is 3.96. The van der Waals surface area contributed by atoms with E-state index in [1.54, 1.807) is 0 Å². The predicted molar refractivity (Wildman–Crippen MR) is 113 cm³/mol. The summed E-state index contributed by atoms with van der Waals surface area (Å²) in [5.74, 6) is 0.0370. The van der Waals surface area contributed by atoms with Gasteiger partial charge in [0.1, 0.15) is 6.04 Å². The van der Waals surface area contributed by atoms with E-state index in [0.717, 1.165) is 24.1 Å². The van der Waals surface area contributed by atoms with Crippen molar-refractivity contribution < 1.29 is 4.79 Å². The van der Waals surface area contributed by atoms with Crippen LogP contribution in [0.15, 0.2) is 67.3 Å². The van der Waals surface area contributed by atoms with Crippen molar-refractivity contribution in [1.82, 2.24) is 5.32 Å². The molecule has 0 spiro atoms. The Hall–Kier alpha value is -2.26. The SMILES string of the molecule is C=CCN(c1ccccc1)[C@@H](C(=O)NC1CCCCC1)c1ccc(Cl)cc1. The number of nitrogens with zero attached hydrogens (tertiary/aromatic N) is 1. The molecule has 2 aromatic rings. The zero-order valence-corrected chi connectivity index (χ0v) is 16.4. The minimum atomic E-state index is -0.426. The molecule has 2 aromatic carbocycles. The molecule has 0 radical (unpaired) electrons. The standard InChI is InChI=1S/C23H27ClN2O/c1-2-17-26(21-11-7-4-8-12-21)22(18-13-15-19(24)16-14-18)23(27)25-20-9-5-3-6-10-20/h2,4,7-8,11-16,20,22H,1,3,5-6,9-10,17H2,(H,25,27)/t22-/m1/s1. The monoisotopic (exact) mass is 382 g/mol. The van der Waals surface area contributed by atoms with Crippen LogP contribution < -0.4 is 10.2 Å². The summed E-state index contributed by atoms with van der Waals surface area (Å²) in [6.45, 7) is 4.48. The quantitative estimate of drug-likeness (QED) is 0.639. The number of halogens is 1. The molecule has 1 atom stereocenters. The number of benzene rings is 2. The molecule has 1 aliphatic carbocycles. The van der Waals surface area contributed by atoms with Gasteiger partial charge in [0.05, 0.1) is 0 Å². The maximum absolute atomic E-state index is 13.4. The van der Waals surface area contributed by atoms with Crippen LogP contribution in [0.25, 0.3) is 0 Å². The number of nitrogens with one attached hydrogen (secondary N) is 1. The molecule has 1 N–H and O–H groups in total. The lowest BCUT2D eigenvalue weighted by Gasteiger charge is -2.34. The van der Waals surface area contributed by atoms with Gasteiger partial charge in [0.2, 0.25) is 5.91 Å². The van der Waals surface area contributed by atoms with E-state index >= 15 is 0 Å². The Labute approximate surface area is 167 Å². The molecular formula is C23H27ClN2O. The minimum Gasteiger partial charge on any atom is -0.352 e. The number of amides is 1. The number of carbonyl (C=O) groups is 1. The van der Waals surface area contributed by atoms with Crippen LogP contribution in [-0.2, 0) is 4.79 Å². The van der Waals surface area contributed by atoms with E-state index in [9.17, 15) is 4.79 Å². The van der Waals surface area contributed by atoms with Crippen molar-refractivity contribution in [3.05, 3.63) is 77.8 Å². The van der Waals surface area contributed by atoms with Crippen LogP contribution in [0.5, 0.6) is 0 Å². The summed E-state index contributed by atoms with van der Waals surface area (Å²) in [7, 11) is 0. The van der Waals surface area contributed by atoms with Crippen molar-refractivity contribution in [3.8, 4) is 0 Å². The lowest BCUT2D eigenvalue weighted by Crippen LogP contribution is -2.45. The first-order chi connectivity index (χ1) is 13.2. The van der Waals surface area contributed by atoms with E-state index in [4.69, 9.17) is 11.6 Å². The highest BCUT2D eigenvalue weighted by atomic mass is 35.5. The molecule has 1 fully saturated rings. The third-order valence-electron chi connectivity index (χ3n) is 5.11. The largest absolute Gasteiger partial charge is 0.352 e. The Bertz CT molecular complexity index is 739. The van der Waals surface area contributed by atoms with Crippen LogP contribution >= 0.6 is 11.6 Å². The van der Waals surface area contributed by atoms with Gasteiger partial charge in [-0.1, -0.05) is 67.3 Å². The van der Waals surface area contributed by atoms with Gasteiger partial charge in [-0.2, -0.15) is 0 Å². The molecule has 0 bridgehead atoms. The number of hydrogen-bond donors (Lipinski definition) is 1. The fourth-order valence-electron chi connectivity index (χ4n) is 3.76. The van der Waals surface area contributed by atoms with E-state index in [-0.39, 0.29) is 11.9 Å². The first kappa shape index (κ1) is 19.5. The summed E-state index contributed by atoms with van der Waals surface area (Å²) < 4.78 is 0. The highest BCUT2D eigenvalue weighted by molar-refractivity contribution is 6.30. The molecule has 1 aliphatic rings. The lowest BCUT2D eigenvalue weighted by atomic mass is 9.94. The van der Waals surface area contributed by atoms with Gasteiger partial charge >= 0.3 is 0 Å². The molecule has 0 heterocycles. The molecule has 27 heavy (non-hydrogen) atoms. The van der Waals surface area contributed by atoms with E-state index < -0.39 is 6.04 Å². The summed E-state index contributed by atoms with van der Waals surface area (Å²) in [6.07, 6.45) is 7.60. The Morgan fingerprint density at radius 3 is 2.41 bits per heavy atom. The van der Waals surface area contributed by atoms with Gasteiger partial charge in [-0.3, -0.25) is 4.79 Å². The zero-order valence-electron chi connectivity index (χ0n) is 15.6. The van der Waals surface area contributed by atoms with Crippen LogP contribution in [0.2, 0.25) is 5.02 Å². The maximum atomic E-state index is 13.4. The smallest absolute Gasteiger partial charge is 0.247 e. The number of hydrogen-bond acceptors (Lipinski definition) is 2. The number of anilines is 1. The highest BCUT2D eigenvalue weighted by Crippen LogP contribution is 2.29. The van der Waals surface area contributed by atoms with Crippen molar-refractivity contribution in [1.29, 1.82) is 0 Å². The van der Waals surface area contributed by atoms with E-state index in [1.807, 2.05) is 60.7 Å². The molecule has 4 heteroatoms. The molecule has 0 aliphatic heterocycles. The van der Waals surface area contributed by atoms with Crippen molar-refractivity contribution in [2.75, 3.05) is 11.4 Å². The second kappa shape index (κ2) is 9.61. The summed E-state index contributed by atoms with van der Waals surface area (Å²) in [5.41, 5.74) is 1.93. The second-order valence-corrected chi connectivity index (χ2v) is 7.51. The Morgan fingerprint density at radius 2 is 1.78 bits per heavy atom. The van der Waals surface area contributed by atoms with Gasteiger partial charge in [0.15, 0.2) is 0 Å². The van der Waals surface area contributed by atoms with Gasteiger partial charge < -0.3 is 10.2 Å². The van der Waals surface area contributed by atoms with Crippen LogP contribution in [0.4, 0.5) is 5.69 Å². The molecule has 1 amide bonds. The zero-order chi connectivity index (χ0) is 19.1. The van der Waals surface area contributed by atoms with Crippen LogP contribution in [0, 0.1) is 0 Å². The molecule has 142 valence electrons. The number of para-hydroxylation sites is 1. The average Bonchev–Trinajstić information content (AvgIpc) is 2.70. The van der Waals surface area contributed by atoms with Crippen molar-refractivity contribution in [2.24, 2.45) is 0 Å². The summed E-state index contributed by atoms with van der Waals surface area (Å²) in [4.78, 5) is 15.5. The minimum absolute atomic E-state index is 0.0370. The third kappa shape index (κ3) is 5.14.